The normalized spacial score (nSPS) is 6.00. The minimum Gasteiger partial charge on any atom is -1.00 e. The molecule has 0 spiro atoms. The monoisotopic (exact) mass is 194 g/mol. The molecule has 0 saturated heterocycles. The van der Waals surface area contributed by atoms with Gasteiger partial charge in [0, 0.05) is 6.61 Å². The first-order chi connectivity index (χ1) is 1.91. The Morgan fingerprint density at radius 2 is 2.00 bits per heavy atom. The predicted molar refractivity (Wildman–Crippen MR) is 18.5 cm³/mol. The summed E-state index contributed by atoms with van der Waals surface area (Å²) in [5.41, 5.74) is 0. The summed E-state index contributed by atoms with van der Waals surface area (Å²) in [6.45, 7) is 2.25. The van der Waals surface area contributed by atoms with Crippen LogP contribution in [0.15, 0.2) is 0 Å². The fourth-order valence-corrected chi connectivity index (χ4v) is 0. The first kappa shape index (κ1) is 10.1. The maximum Gasteiger partial charge on any atom is 1.00 e. The van der Waals surface area contributed by atoms with Crippen LogP contribution in [0.5, 0.6) is 0 Å². The van der Waals surface area contributed by atoms with Crippen LogP contribution in [0.3, 0.4) is 0 Å². The van der Waals surface area contributed by atoms with Crippen LogP contribution in [0.1, 0.15) is 14.8 Å². The fourth-order valence-electron chi connectivity index (χ4n) is 0. The van der Waals surface area contributed by atoms with E-state index in [4.69, 9.17) is 5.11 Å². The summed E-state index contributed by atoms with van der Waals surface area (Å²) in [4.78, 5) is 0. The molecule has 0 bridgehead atoms. The van der Waals surface area contributed by atoms with Gasteiger partial charge < -0.3 is 6.53 Å². The summed E-state index contributed by atoms with van der Waals surface area (Å²) >= 11 is 0. The zero-order valence-electron chi connectivity index (χ0n) is 4.86. The molecule has 2 heteroatoms. The Hall–Kier alpha value is 2.01. The van der Waals surface area contributed by atoms with Gasteiger partial charge in [-0.3, -0.25) is 0 Å². The molecule has 0 atom stereocenters. The second kappa shape index (κ2) is 9.38. The van der Waals surface area contributed by atoms with Crippen LogP contribution in [0.25, 0.3) is 0 Å². The maximum atomic E-state index is 7.88. The second-order valence-corrected chi connectivity index (χ2v) is 0.724. The molecule has 0 rings (SSSR count). The first-order valence-electron chi connectivity index (χ1n) is 1.52. The molecule has 28 valence electrons. The summed E-state index contributed by atoms with van der Waals surface area (Å²) < 4.78 is 0. The molecule has 1 N–H and O–H groups in total. The van der Waals surface area contributed by atoms with E-state index in [1.54, 1.807) is 0 Å². The number of aliphatic hydroxyl groups excluding tert-OH is 1. The zero-order chi connectivity index (χ0) is 3.41. The molecule has 5 heavy (non-hydrogen) atoms. The van der Waals surface area contributed by atoms with Crippen LogP contribution in [0.2, 0.25) is 0 Å². The van der Waals surface area contributed by atoms with Gasteiger partial charge in [-0.05, 0) is 6.42 Å². The van der Waals surface area contributed by atoms with Gasteiger partial charge in [-0.25, -0.2) is 0 Å². The zero-order valence-corrected chi connectivity index (χ0v) is 10.1. The van der Waals surface area contributed by atoms with E-state index in [0.717, 1.165) is 6.42 Å². The first-order valence-corrected chi connectivity index (χ1v) is 1.52. The van der Waals surface area contributed by atoms with Crippen molar-refractivity contribution in [3.05, 3.63) is 0 Å². The molecule has 0 unspecified atom stereocenters. The van der Waals surface area contributed by atoms with E-state index in [0.29, 0.717) is 6.61 Å². The molecular weight excluding hydrogens is 185 g/mol. The van der Waals surface area contributed by atoms with Crippen LogP contribution in [-0.4, -0.2) is 11.7 Å². The quantitative estimate of drug-likeness (QED) is 0.489. The van der Waals surface area contributed by atoms with Crippen LogP contribution >= 0.6 is 0 Å². The van der Waals surface area contributed by atoms with Crippen LogP contribution < -0.4 is 68.9 Å². The molecule has 0 aromatic heterocycles. The van der Waals surface area contributed by atoms with Crippen LogP contribution in [-0.2, 0) is 0 Å². The number of hydrogen-bond donors (Lipinski definition) is 1. The summed E-state index contributed by atoms with van der Waals surface area (Å²) in [6, 6.07) is 0. The minimum absolute atomic E-state index is 0. The molecule has 0 heterocycles. The smallest absolute Gasteiger partial charge is 1.00 e. The van der Waals surface area contributed by atoms with Crippen molar-refractivity contribution in [2.75, 3.05) is 6.61 Å². The third-order valence-electron chi connectivity index (χ3n) is 0.224. The van der Waals surface area contributed by atoms with Gasteiger partial charge in [-0.15, -0.1) is 0 Å². The van der Waals surface area contributed by atoms with E-state index in [9.17, 15) is 0 Å². The Bertz CT molecular complexity index is 12.8. The molecule has 0 aliphatic heterocycles. The standard InChI is InChI=1S/C3H8O.Cs.H/c1-2-3-4;;/h4H,2-3H2,1H3;;/q;+1;-1. The van der Waals surface area contributed by atoms with Crippen molar-refractivity contribution in [3.63, 3.8) is 0 Å². The Balaban J connectivity index is -0.0000000450. The number of rotatable bonds is 1. The number of aliphatic hydroxyl groups is 1. The minimum atomic E-state index is 0. The van der Waals surface area contributed by atoms with Gasteiger partial charge in [0.2, 0.25) is 0 Å². The van der Waals surface area contributed by atoms with Gasteiger partial charge in [0.25, 0.3) is 0 Å². The van der Waals surface area contributed by atoms with Gasteiger partial charge in [0.05, 0.1) is 0 Å². The second-order valence-electron chi connectivity index (χ2n) is 0.724. The Kier molecular flexibility index (Phi) is 18.9. The fraction of sp³-hybridized carbons (Fsp3) is 1.00. The molecule has 0 aromatic carbocycles. The molecule has 0 aliphatic rings. The average molecular weight is 194 g/mol. The van der Waals surface area contributed by atoms with Crippen LogP contribution in [0.4, 0.5) is 0 Å². The Labute approximate surface area is 93.1 Å². The molecule has 0 aliphatic carbocycles. The largest absolute Gasteiger partial charge is 1.00 e. The van der Waals surface area contributed by atoms with Crippen molar-refractivity contribution in [2.45, 2.75) is 13.3 Å². The Morgan fingerprint density at radius 3 is 2.00 bits per heavy atom. The molecule has 0 fully saturated rings. The molecule has 1 nitrogen and oxygen atoms in total. The molecular formula is C3H9CsO. The average Bonchev–Trinajstić information content (AvgIpc) is 1.37. The van der Waals surface area contributed by atoms with Gasteiger partial charge >= 0.3 is 68.9 Å². The van der Waals surface area contributed by atoms with E-state index in [1.807, 2.05) is 6.92 Å². The molecule has 0 amide bonds. The van der Waals surface area contributed by atoms with E-state index in [-0.39, 0.29) is 70.3 Å². The van der Waals surface area contributed by atoms with Gasteiger partial charge in [-0.1, -0.05) is 6.92 Å². The third-order valence-corrected chi connectivity index (χ3v) is 0.224. The SMILES string of the molecule is CCCO.[Cs+].[H-]. The van der Waals surface area contributed by atoms with E-state index in [2.05, 4.69) is 0 Å². The number of hydrogen-bond acceptors (Lipinski definition) is 1. The van der Waals surface area contributed by atoms with Gasteiger partial charge in [-0.2, -0.15) is 0 Å². The molecule has 0 saturated carbocycles. The van der Waals surface area contributed by atoms with E-state index >= 15 is 0 Å². The van der Waals surface area contributed by atoms with Crippen molar-refractivity contribution in [3.8, 4) is 0 Å². The van der Waals surface area contributed by atoms with Crippen molar-refractivity contribution in [1.82, 2.24) is 0 Å². The molecule has 0 radical (unpaired) electrons. The van der Waals surface area contributed by atoms with Crippen molar-refractivity contribution in [1.29, 1.82) is 0 Å². The van der Waals surface area contributed by atoms with E-state index in [1.165, 1.54) is 0 Å². The third kappa shape index (κ3) is 10.7. The van der Waals surface area contributed by atoms with Crippen molar-refractivity contribution >= 4 is 0 Å². The topological polar surface area (TPSA) is 20.2 Å². The summed E-state index contributed by atoms with van der Waals surface area (Å²) in [6.07, 6.45) is 0.875. The summed E-state index contributed by atoms with van der Waals surface area (Å²) in [5.74, 6) is 0. The predicted octanol–water partition coefficient (Wildman–Crippen LogP) is -2.49. The van der Waals surface area contributed by atoms with Crippen molar-refractivity contribution < 1.29 is 75.4 Å². The van der Waals surface area contributed by atoms with Gasteiger partial charge in [0.15, 0.2) is 0 Å². The Morgan fingerprint density at radius 1 is 1.80 bits per heavy atom. The summed E-state index contributed by atoms with van der Waals surface area (Å²) in [7, 11) is 0. The maximum absolute atomic E-state index is 7.88. The molecule has 0 aromatic rings. The van der Waals surface area contributed by atoms with Crippen LogP contribution in [0, 0.1) is 0 Å². The van der Waals surface area contributed by atoms with Gasteiger partial charge in [0.1, 0.15) is 0 Å². The van der Waals surface area contributed by atoms with Crippen molar-refractivity contribution in [2.24, 2.45) is 0 Å². The summed E-state index contributed by atoms with van der Waals surface area (Å²) in [5, 5.41) is 7.88. The van der Waals surface area contributed by atoms with E-state index < -0.39 is 0 Å².